The van der Waals surface area contributed by atoms with Crippen LogP contribution in [-0.2, 0) is 11.2 Å². The van der Waals surface area contributed by atoms with E-state index >= 15 is 0 Å². The largest absolute Gasteiger partial charge is 0.383 e. The summed E-state index contributed by atoms with van der Waals surface area (Å²) in [5.41, 5.74) is 11.2. The monoisotopic (exact) mass is 467 g/mol. The number of nitriles is 2. The number of para-hydroxylation sites is 1. The van der Waals surface area contributed by atoms with Crippen molar-refractivity contribution in [3.05, 3.63) is 70.8 Å². The molecule has 1 aliphatic rings. The lowest BCUT2D eigenvalue weighted by Gasteiger charge is -2.17. The molecule has 7 heteroatoms. The average Bonchev–Trinajstić information content (AvgIpc) is 3.28. The van der Waals surface area contributed by atoms with E-state index in [4.69, 9.17) is 5.73 Å². The topological polar surface area (TPSA) is 107 Å². The van der Waals surface area contributed by atoms with E-state index in [1.807, 2.05) is 47.4 Å². The zero-order chi connectivity index (χ0) is 24.2. The number of carbonyl (C=O) groups excluding carboxylic acids is 1. The number of carbonyl (C=O) groups is 1. The molecule has 170 valence electrons. The lowest BCUT2D eigenvalue weighted by atomic mass is 9.94. The highest BCUT2D eigenvalue weighted by Crippen LogP contribution is 2.36. The second-order valence-corrected chi connectivity index (χ2v) is 9.53. The van der Waals surface area contributed by atoms with Gasteiger partial charge in [0.25, 0.3) is 0 Å². The van der Waals surface area contributed by atoms with E-state index < -0.39 is 0 Å². The van der Waals surface area contributed by atoms with Gasteiger partial charge in [-0.2, -0.15) is 10.5 Å². The SMILES string of the molecule is CC(C)c1ccc(-c2c(C#N)c(N)nc(SCCC(=O)N3CCc4ccccc43)c2C#N)cc1. The van der Waals surface area contributed by atoms with Crippen LogP contribution in [0.1, 0.15) is 48.4 Å². The number of aromatic nitrogens is 1. The zero-order valence-electron chi connectivity index (χ0n) is 19.2. The van der Waals surface area contributed by atoms with Crippen LogP contribution in [0.4, 0.5) is 11.5 Å². The molecule has 3 aromatic rings. The van der Waals surface area contributed by atoms with Gasteiger partial charge in [0.2, 0.25) is 5.91 Å². The molecule has 0 radical (unpaired) electrons. The highest BCUT2D eigenvalue weighted by Gasteiger charge is 2.25. The van der Waals surface area contributed by atoms with Crippen LogP contribution in [0.3, 0.4) is 0 Å². The van der Waals surface area contributed by atoms with Gasteiger partial charge in [-0.15, -0.1) is 11.8 Å². The van der Waals surface area contributed by atoms with Crippen molar-refractivity contribution >= 4 is 29.2 Å². The Morgan fingerprint density at radius 1 is 1.12 bits per heavy atom. The molecule has 0 saturated carbocycles. The van der Waals surface area contributed by atoms with E-state index in [1.54, 1.807) is 0 Å². The summed E-state index contributed by atoms with van der Waals surface area (Å²) >= 11 is 1.32. The summed E-state index contributed by atoms with van der Waals surface area (Å²) in [6.45, 7) is 4.90. The first kappa shape index (κ1) is 23.4. The van der Waals surface area contributed by atoms with Gasteiger partial charge in [-0.1, -0.05) is 56.3 Å². The van der Waals surface area contributed by atoms with Gasteiger partial charge in [0, 0.05) is 30.0 Å². The maximum Gasteiger partial charge on any atom is 0.227 e. The Labute approximate surface area is 204 Å². The van der Waals surface area contributed by atoms with Crippen molar-refractivity contribution in [2.45, 2.75) is 37.6 Å². The number of hydrogen-bond acceptors (Lipinski definition) is 6. The Kier molecular flexibility index (Phi) is 6.86. The molecular weight excluding hydrogens is 442 g/mol. The summed E-state index contributed by atoms with van der Waals surface area (Å²) in [4.78, 5) is 19.0. The van der Waals surface area contributed by atoms with E-state index in [0.717, 1.165) is 17.7 Å². The number of amides is 1. The third kappa shape index (κ3) is 4.48. The second kappa shape index (κ2) is 9.99. The number of nitrogens with two attached hydrogens (primary N) is 1. The number of rotatable bonds is 6. The van der Waals surface area contributed by atoms with Crippen molar-refractivity contribution < 1.29 is 4.79 Å². The van der Waals surface area contributed by atoms with Gasteiger partial charge in [-0.3, -0.25) is 4.79 Å². The first-order valence-electron chi connectivity index (χ1n) is 11.2. The van der Waals surface area contributed by atoms with E-state index in [-0.39, 0.29) is 17.3 Å². The molecule has 0 spiro atoms. The predicted molar refractivity (Wildman–Crippen MR) is 135 cm³/mol. The van der Waals surface area contributed by atoms with Gasteiger partial charge < -0.3 is 10.6 Å². The van der Waals surface area contributed by atoms with Crippen molar-refractivity contribution in [3.63, 3.8) is 0 Å². The van der Waals surface area contributed by atoms with Crippen LogP contribution < -0.4 is 10.6 Å². The Balaban J connectivity index is 1.57. The smallest absolute Gasteiger partial charge is 0.227 e. The Morgan fingerprint density at radius 3 is 2.50 bits per heavy atom. The van der Waals surface area contributed by atoms with Gasteiger partial charge in [-0.05, 0) is 35.1 Å². The molecule has 0 bridgehead atoms. The molecule has 0 aliphatic carbocycles. The first-order valence-corrected chi connectivity index (χ1v) is 12.2. The molecule has 34 heavy (non-hydrogen) atoms. The molecule has 1 aliphatic heterocycles. The molecule has 2 N–H and O–H groups in total. The highest BCUT2D eigenvalue weighted by atomic mass is 32.2. The molecule has 1 aromatic heterocycles. The minimum Gasteiger partial charge on any atom is -0.383 e. The maximum atomic E-state index is 12.9. The fraction of sp³-hybridized carbons (Fsp3) is 0.259. The zero-order valence-corrected chi connectivity index (χ0v) is 20.0. The lowest BCUT2D eigenvalue weighted by molar-refractivity contribution is -0.118. The third-order valence-corrected chi connectivity index (χ3v) is 7.00. The Morgan fingerprint density at radius 2 is 1.82 bits per heavy atom. The molecule has 0 unspecified atom stereocenters. The summed E-state index contributed by atoms with van der Waals surface area (Å²) < 4.78 is 0. The molecule has 4 rings (SSSR count). The number of nitrogens with zero attached hydrogens (tertiary/aromatic N) is 4. The Bertz CT molecular complexity index is 1320. The molecule has 0 fully saturated rings. The summed E-state index contributed by atoms with van der Waals surface area (Å²) in [6.07, 6.45) is 1.17. The number of anilines is 2. The summed E-state index contributed by atoms with van der Waals surface area (Å²) in [6, 6.07) is 20.1. The van der Waals surface area contributed by atoms with Gasteiger partial charge in [0.05, 0.1) is 5.56 Å². The van der Waals surface area contributed by atoms with E-state index in [0.29, 0.717) is 40.8 Å². The number of thioether (sulfide) groups is 1. The molecule has 0 atom stereocenters. The van der Waals surface area contributed by atoms with Crippen molar-refractivity contribution in [1.82, 2.24) is 4.98 Å². The normalized spacial score (nSPS) is 12.3. The summed E-state index contributed by atoms with van der Waals surface area (Å²) in [7, 11) is 0. The molecule has 0 saturated heterocycles. The second-order valence-electron chi connectivity index (χ2n) is 8.45. The van der Waals surface area contributed by atoms with Crippen LogP contribution in [-0.4, -0.2) is 23.2 Å². The fourth-order valence-corrected chi connectivity index (χ4v) is 5.12. The van der Waals surface area contributed by atoms with Gasteiger partial charge in [0.15, 0.2) is 0 Å². The standard InChI is InChI=1S/C27H25N5OS/c1-17(2)18-7-9-20(10-8-18)25-21(15-28)26(30)31-27(22(25)16-29)34-14-12-24(33)32-13-11-19-5-3-4-6-23(19)32/h3-10,17H,11-14H2,1-2H3,(H2,30,31). The minimum absolute atomic E-state index is 0.0436. The number of nitrogen functional groups attached to an aromatic ring is 1. The first-order chi connectivity index (χ1) is 16.4. The average molecular weight is 468 g/mol. The highest BCUT2D eigenvalue weighted by molar-refractivity contribution is 7.99. The van der Waals surface area contributed by atoms with Crippen LogP contribution in [0.25, 0.3) is 11.1 Å². The maximum absolute atomic E-state index is 12.9. The Hall–Kier alpha value is -3.81. The molecule has 2 aromatic carbocycles. The van der Waals surface area contributed by atoms with Gasteiger partial charge in [0.1, 0.15) is 28.5 Å². The molecule has 1 amide bonds. The third-order valence-electron chi connectivity index (χ3n) is 6.02. The summed E-state index contributed by atoms with van der Waals surface area (Å²) in [5.74, 6) is 0.957. The fourth-order valence-electron chi connectivity index (χ4n) is 4.19. The quantitative estimate of drug-likeness (QED) is 0.495. The van der Waals surface area contributed by atoms with Gasteiger partial charge >= 0.3 is 0 Å². The molecular formula is C27H25N5OS. The van der Waals surface area contributed by atoms with Crippen LogP contribution >= 0.6 is 11.8 Å². The van der Waals surface area contributed by atoms with Crippen molar-refractivity contribution in [1.29, 1.82) is 10.5 Å². The number of benzene rings is 2. The van der Waals surface area contributed by atoms with Crippen molar-refractivity contribution in [3.8, 4) is 23.3 Å². The van der Waals surface area contributed by atoms with Crippen LogP contribution in [0.2, 0.25) is 0 Å². The van der Waals surface area contributed by atoms with Crippen LogP contribution in [0.5, 0.6) is 0 Å². The van der Waals surface area contributed by atoms with Crippen molar-refractivity contribution in [2.75, 3.05) is 22.9 Å². The minimum atomic E-state index is 0.0436. The van der Waals surface area contributed by atoms with Crippen molar-refractivity contribution in [2.24, 2.45) is 0 Å². The molecule has 2 heterocycles. The lowest BCUT2D eigenvalue weighted by Crippen LogP contribution is -2.29. The van der Waals surface area contributed by atoms with Gasteiger partial charge in [-0.25, -0.2) is 4.98 Å². The van der Waals surface area contributed by atoms with E-state index in [1.165, 1.54) is 22.9 Å². The van der Waals surface area contributed by atoms with Crippen LogP contribution in [0, 0.1) is 22.7 Å². The summed E-state index contributed by atoms with van der Waals surface area (Å²) in [5, 5.41) is 20.1. The predicted octanol–water partition coefficient (Wildman–Crippen LogP) is 5.27. The number of fused-ring (bicyclic) bond motifs is 1. The van der Waals surface area contributed by atoms with E-state index in [9.17, 15) is 15.3 Å². The van der Waals surface area contributed by atoms with Crippen LogP contribution in [0.15, 0.2) is 53.6 Å². The number of hydrogen-bond donors (Lipinski definition) is 1. The molecule has 6 nitrogen and oxygen atoms in total. The number of pyridine rings is 1. The van der Waals surface area contributed by atoms with E-state index in [2.05, 4.69) is 37.0 Å².